The van der Waals surface area contributed by atoms with Gasteiger partial charge in [-0.25, -0.2) is 0 Å². The van der Waals surface area contributed by atoms with E-state index in [0.717, 1.165) is 5.56 Å². The van der Waals surface area contributed by atoms with Crippen LogP contribution in [0.1, 0.15) is 12.0 Å². The average Bonchev–Trinajstić information content (AvgIpc) is 2.73. The molecule has 1 saturated heterocycles. The van der Waals surface area contributed by atoms with Crippen molar-refractivity contribution in [2.75, 3.05) is 18.5 Å². The summed E-state index contributed by atoms with van der Waals surface area (Å²) in [6.45, 7) is 2.64. The first kappa shape index (κ1) is 12.4. The van der Waals surface area contributed by atoms with Crippen molar-refractivity contribution in [2.45, 2.75) is 18.9 Å². The van der Waals surface area contributed by atoms with Gasteiger partial charge in [-0.3, -0.25) is 4.79 Å². The van der Waals surface area contributed by atoms with Gasteiger partial charge in [-0.15, -0.1) is 0 Å². The number of nitrogens with two attached hydrogens (primary N) is 1. The largest absolute Gasteiger partial charge is 0.379 e. The first-order valence-electron chi connectivity index (χ1n) is 5.46. The predicted octanol–water partition coefficient (Wildman–Crippen LogP) is 1.70. The van der Waals surface area contributed by atoms with Crippen molar-refractivity contribution in [1.82, 2.24) is 0 Å². The van der Waals surface area contributed by atoms with Crippen LogP contribution in [0.2, 0.25) is 5.02 Å². The zero-order valence-corrected chi connectivity index (χ0v) is 10.4. The van der Waals surface area contributed by atoms with Crippen molar-refractivity contribution in [1.29, 1.82) is 0 Å². The molecular formula is C12H15ClN2O2. The number of nitrogens with one attached hydrogen (secondary N) is 1. The van der Waals surface area contributed by atoms with Crippen LogP contribution >= 0.6 is 11.6 Å². The molecule has 5 heteroatoms. The lowest BCUT2D eigenvalue weighted by atomic mass is 9.99. The van der Waals surface area contributed by atoms with E-state index in [4.69, 9.17) is 22.1 Å². The summed E-state index contributed by atoms with van der Waals surface area (Å²) in [4.78, 5) is 12.0. The van der Waals surface area contributed by atoms with Gasteiger partial charge in [-0.2, -0.15) is 0 Å². The smallest absolute Gasteiger partial charge is 0.246 e. The fraction of sp³-hybridized carbons (Fsp3) is 0.417. The molecule has 0 aromatic heterocycles. The highest BCUT2D eigenvalue weighted by Crippen LogP contribution is 2.25. The van der Waals surface area contributed by atoms with Gasteiger partial charge < -0.3 is 15.8 Å². The number of carbonyl (C=O) groups is 1. The maximum atomic E-state index is 12.0. The second-order valence-electron chi connectivity index (χ2n) is 4.33. The Bertz CT molecular complexity index is 442. The first-order chi connectivity index (χ1) is 8.03. The Morgan fingerprint density at radius 2 is 2.35 bits per heavy atom. The van der Waals surface area contributed by atoms with Crippen molar-refractivity contribution in [3.8, 4) is 0 Å². The summed E-state index contributed by atoms with van der Waals surface area (Å²) in [6.07, 6.45) is 0.540. The molecule has 0 spiro atoms. The summed E-state index contributed by atoms with van der Waals surface area (Å²) in [5.74, 6) is -0.222. The van der Waals surface area contributed by atoms with E-state index in [1.807, 2.05) is 6.92 Å². The molecule has 1 aliphatic heterocycles. The zero-order chi connectivity index (χ0) is 12.5. The quantitative estimate of drug-likeness (QED) is 0.844. The normalized spacial score (nSPS) is 23.7. The van der Waals surface area contributed by atoms with Crippen LogP contribution in [0.15, 0.2) is 18.2 Å². The summed E-state index contributed by atoms with van der Waals surface area (Å²) in [7, 11) is 0. The molecule has 1 aromatic carbocycles. The second-order valence-corrected chi connectivity index (χ2v) is 4.73. The predicted molar refractivity (Wildman–Crippen MR) is 67.2 cm³/mol. The minimum atomic E-state index is -0.922. The molecule has 1 aromatic rings. The molecule has 2 rings (SSSR count). The van der Waals surface area contributed by atoms with Crippen LogP contribution in [0, 0.1) is 6.92 Å². The number of benzene rings is 1. The maximum Gasteiger partial charge on any atom is 0.246 e. The topological polar surface area (TPSA) is 64.4 Å². The monoisotopic (exact) mass is 254 g/mol. The van der Waals surface area contributed by atoms with Gasteiger partial charge in [-0.05, 0) is 31.0 Å². The van der Waals surface area contributed by atoms with Crippen LogP contribution in [0.5, 0.6) is 0 Å². The Morgan fingerprint density at radius 1 is 1.59 bits per heavy atom. The highest BCUT2D eigenvalue weighted by Gasteiger charge is 2.38. The van der Waals surface area contributed by atoms with Crippen molar-refractivity contribution in [2.24, 2.45) is 5.73 Å². The van der Waals surface area contributed by atoms with Gasteiger partial charge in [0.05, 0.1) is 6.61 Å². The van der Waals surface area contributed by atoms with Crippen LogP contribution in [0.25, 0.3) is 0 Å². The van der Waals surface area contributed by atoms with Gasteiger partial charge in [0.15, 0.2) is 0 Å². The molecule has 1 amide bonds. The second kappa shape index (κ2) is 4.64. The number of halogens is 1. The summed E-state index contributed by atoms with van der Waals surface area (Å²) in [5, 5.41) is 3.43. The third-order valence-electron chi connectivity index (χ3n) is 3.02. The molecule has 4 nitrogen and oxygen atoms in total. The lowest BCUT2D eigenvalue weighted by Gasteiger charge is -2.21. The van der Waals surface area contributed by atoms with E-state index < -0.39 is 5.54 Å². The number of ether oxygens (including phenoxy) is 1. The van der Waals surface area contributed by atoms with Crippen LogP contribution < -0.4 is 11.1 Å². The van der Waals surface area contributed by atoms with E-state index in [1.165, 1.54) is 0 Å². The summed E-state index contributed by atoms with van der Waals surface area (Å²) < 4.78 is 5.16. The summed E-state index contributed by atoms with van der Waals surface area (Å²) in [6, 6.07) is 5.38. The molecule has 3 N–H and O–H groups in total. The molecular weight excluding hydrogens is 240 g/mol. The first-order valence-corrected chi connectivity index (χ1v) is 5.84. The summed E-state index contributed by atoms with van der Waals surface area (Å²) in [5.41, 5.74) is 6.58. The minimum Gasteiger partial charge on any atom is -0.379 e. The molecule has 0 aliphatic carbocycles. The van der Waals surface area contributed by atoms with E-state index in [1.54, 1.807) is 18.2 Å². The highest BCUT2D eigenvalue weighted by molar-refractivity contribution is 6.31. The Balaban J connectivity index is 2.16. The molecule has 0 radical (unpaired) electrons. The lowest BCUT2D eigenvalue weighted by molar-refractivity contribution is -0.121. The molecule has 1 heterocycles. The maximum absolute atomic E-state index is 12.0. The third-order valence-corrected chi connectivity index (χ3v) is 3.43. The van der Waals surface area contributed by atoms with E-state index in [2.05, 4.69) is 5.32 Å². The number of hydrogen-bond donors (Lipinski definition) is 2. The number of amides is 1. The van der Waals surface area contributed by atoms with E-state index >= 15 is 0 Å². The fourth-order valence-electron chi connectivity index (χ4n) is 1.75. The molecule has 1 unspecified atom stereocenters. The van der Waals surface area contributed by atoms with Crippen molar-refractivity contribution in [3.05, 3.63) is 28.8 Å². The van der Waals surface area contributed by atoms with Gasteiger partial charge in [0.1, 0.15) is 5.54 Å². The minimum absolute atomic E-state index is 0.222. The molecule has 1 atom stereocenters. The highest BCUT2D eigenvalue weighted by atomic mass is 35.5. The molecule has 1 fully saturated rings. The standard InChI is InChI=1S/C12H15ClN2O2/c1-8-9(13)3-2-4-10(8)15-11(16)12(14)5-6-17-7-12/h2-4H,5-7,14H2,1H3,(H,15,16). The van der Waals surface area contributed by atoms with Gasteiger partial charge in [0, 0.05) is 17.3 Å². The Morgan fingerprint density at radius 3 is 3.00 bits per heavy atom. The van der Waals surface area contributed by atoms with E-state index in [0.29, 0.717) is 23.7 Å². The van der Waals surface area contributed by atoms with Gasteiger partial charge >= 0.3 is 0 Å². The number of rotatable bonds is 2. The third kappa shape index (κ3) is 2.44. The van der Waals surface area contributed by atoms with Gasteiger partial charge in [0.25, 0.3) is 0 Å². The molecule has 17 heavy (non-hydrogen) atoms. The molecule has 1 aliphatic rings. The average molecular weight is 255 g/mol. The van der Waals surface area contributed by atoms with Crippen molar-refractivity contribution < 1.29 is 9.53 Å². The van der Waals surface area contributed by atoms with Crippen LogP contribution in [0.4, 0.5) is 5.69 Å². The van der Waals surface area contributed by atoms with E-state index in [9.17, 15) is 4.79 Å². The Kier molecular flexibility index (Phi) is 3.38. The Labute approximate surface area is 105 Å². The van der Waals surface area contributed by atoms with Crippen molar-refractivity contribution in [3.63, 3.8) is 0 Å². The number of anilines is 1. The number of carbonyl (C=O) groups excluding carboxylic acids is 1. The Hall–Kier alpha value is -1.10. The summed E-state index contributed by atoms with van der Waals surface area (Å²) >= 11 is 5.98. The van der Waals surface area contributed by atoms with Crippen LogP contribution in [-0.4, -0.2) is 24.7 Å². The lowest BCUT2D eigenvalue weighted by Crippen LogP contribution is -2.51. The number of hydrogen-bond acceptors (Lipinski definition) is 3. The van der Waals surface area contributed by atoms with Gasteiger partial charge in [-0.1, -0.05) is 17.7 Å². The van der Waals surface area contributed by atoms with E-state index in [-0.39, 0.29) is 12.5 Å². The van der Waals surface area contributed by atoms with Gasteiger partial charge in [0.2, 0.25) is 5.91 Å². The van der Waals surface area contributed by atoms with Crippen LogP contribution in [0.3, 0.4) is 0 Å². The molecule has 0 saturated carbocycles. The zero-order valence-electron chi connectivity index (χ0n) is 9.63. The fourth-order valence-corrected chi connectivity index (χ4v) is 1.92. The molecule has 0 bridgehead atoms. The SMILES string of the molecule is Cc1c(Cl)cccc1NC(=O)C1(N)CCOC1. The molecule has 92 valence electrons. The van der Waals surface area contributed by atoms with Crippen LogP contribution in [-0.2, 0) is 9.53 Å². The van der Waals surface area contributed by atoms with Crippen molar-refractivity contribution >= 4 is 23.2 Å².